The molecule has 1 amide bonds. The summed E-state index contributed by atoms with van der Waals surface area (Å²) in [6.45, 7) is 0. The summed E-state index contributed by atoms with van der Waals surface area (Å²) in [7, 11) is 0. The Labute approximate surface area is 82.8 Å². The molecule has 7 heteroatoms. The number of nitrogens with zero attached hydrogens (tertiary/aromatic N) is 2. The standard InChI is InChI=1S/C7H4ClFN2O3/c8-7(12)10(9)5-1-3-6(4-2-5)11(13)14/h1-4H. The van der Waals surface area contributed by atoms with Crippen molar-refractivity contribution in [3.63, 3.8) is 0 Å². The van der Waals surface area contributed by atoms with E-state index >= 15 is 0 Å². The molecule has 0 aromatic heterocycles. The molecule has 0 unspecified atom stereocenters. The molecule has 1 aromatic rings. The van der Waals surface area contributed by atoms with Gasteiger partial charge in [0, 0.05) is 12.1 Å². The van der Waals surface area contributed by atoms with Gasteiger partial charge in [-0.25, -0.2) is 0 Å². The van der Waals surface area contributed by atoms with Gasteiger partial charge in [0.05, 0.1) is 10.6 Å². The highest BCUT2D eigenvalue weighted by Gasteiger charge is 2.13. The minimum atomic E-state index is -1.31. The van der Waals surface area contributed by atoms with Crippen LogP contribution in [0.5, 0.6) is 0 Å². The molecule has 74 valence electrons. The van der Waals surface area contributed by atoms with E-state index in [0.717, 1.165) is 24.3 Å². The number of benzene rings is 1. The molecule has 0 aliphatic heterocycles. The van der Waals surface area contributed by atoms with Crippen molar-refractivity contribution in [2.75, 3.05) is 5.12 Å². The zero-order valence-corrected chi connectivity index (χ0v) is 7.44. The van der Waals surface area contributed by atoms with Crippen molar-refractivity contribution in [2.24, 2.45) is 0 Å². The third kappa shape index (κ3) is 2.17. The van der Waals surface area contributed by atoms with Crippen LogP contribution in [-0.4, -0.2) is 10.3 Å². The molecule has 0 atom stereocenters. The molecular weight excluding hydrogens is 215 g/mol. The minimum Gasteiger partial charge on any atom is -0.258 e. The molecule has 0 radical (unpaired) electrons. The molecule has 0 fully saturated rings. The van der Waals surface area contributed by atoms with Crippen LogP contribution in [0.3, 0.4) is 0 Å². The van der Waals surface area contributed by atoms with E-state index in [1.54, 1.807) is 0 Å². The lowest BCUT2D eigenvalue weighted by Crippen LogP contribution is -2.13. The molecule has 0 bridgehead atoms. The molecule has 0 aliphatic rings. The first kappa shape index (κ1) is 10.4. The van der Waals surface area contributed by atoms with E-state index in [4.69, 9.17) is 11.6 Å². The van der Waals surface area contributed by atoms with Crippen molar-refractivity contribution in [1.82, 2.24) is 0 Å². The fourth-order valence-corrected chi connectivity index (χ4v) is 0.904. The average molecular weight is 219 g/mol. The highest BCUT2D eigenvalue weighted by Crippen LogP contribution is 2.20. The van der Waals surface area contributed by atoms with Crippen molar-refractivity contribution in [1.29, 1.82) is 0 Å². The van der Waals surface area contributed by atoms with Crippen molar-refractivity contribution in [3.05, 3.63) is 34.4 Å². The second-order valence-corrected chi connectivity index (χ2v) is 2.63. The van der Waals surface area contributed by atoms with Gasteiger partial charge in [0.2, 0.25) is 0 Å². The molecule has 0 heterocycles. The number of halogens is 2. The normalized spacial score (nSPS) is 9.57. The van der Waals surface area contributed by atoms with Crippen LogP contribution in [0.1, 0.15) is 0 Å². The summed E-state index contributed by atoms with van der Waals surface area (Å²) in [5.74, 6) is 0. The van der Waals surface area contributed by atoms with Crippen molar-refractivity contribution < 1.29 is 14.2 Å². The van der Waals surface area contributed by atoms with Crippen molar-refractivity contribution in [2.45, 2.75) is 0 Å². The zero-order chi connectivity index (χ0) is 10.7. The maximum Gasteiger partial charge on any atom is 0.349 e. The summed E-state index contributed by atoms with van der Waals surface area (Å²) in [6.07, 6.45) is 0. The van der Waals surface area contributed by atoms with Gasteiger partial charge in [0.15, 0.2) is 0 Å². The van der Waals surface area contributed by atoms with Gasteiger partial charge in [-0.15, -0.1) is 5.12 Å². The van der Waals surface area contributed by atoms with Gasteiger partial charge in [-0.2, -0.15) is 0 Å². The summed E-state index contributed by atoms with van der Waals surface area (Å²) in [6, 6.07) is 4.31. The van der Waals surface area contributed by atoms with E-state index in [0.29, 0.717) is 0 Å². The largest absolute Gasteiger partial charge is 0.349 e. The van der Waals surface area contributed by atoms with Crippen LogP contribution in [0.4, 0.5) is 20.7 Å². The van der Waals surface area contributed by atoms with Crippen molar-refractivity contribution >= 4 is 28.3 Å². The number of nitro groups is 1. The number of hydrogen-bond acceptors (Lipinski definition) is 3. The number of hydrogen-bond donors (Lipinski definition) is 0. The molecule has 0 N–H and O–H groups in total. The zero-order valence-electron chi connectivity index (χ0n) is 6.68. The van der Waals surface area contributed by atoms with E-state index in [1.165, 1.54) is 0 Å². The molecule has 0 saturated heterocycles. The molecule has 5 nitrogen and oxygen atoms in total. The maximum atomic E-state index is 12.8. The predicted molar refractivity (Wildman–Crippen MR) is 47.9 cm³/mol. The lowest BCUT2D eigenvalue weighted by molar-refractivity contribution is -0.384. The van der Waals surface area contributed by atoms with Crippen molar-refractivity contribution in [3.8, 4) is 0 Å². The van der Waals surface area contributed by atoms with Crippen LogP contribution < -0.4 is 5.12 Å². The Bertz CT molecular complexity index is 368. The van der Waals surface area contributed by atoms with Gasteiger partial charge in [0.25, 0.3) is 5.69 Å². The first-order chi connectivity index (χ1) is 6.52. The van der Waals surface area contributed by atoms with Crippen LogP contribution in [0, 0.1) is 10.1 Å². The number of carbonyl (C=O) groups is 1. The minimum absolute atomic E-state index is 0.157. The quantitative estimate of drug-likeness (QED) is 0.252. The Balaban J connectivity index is 2.94. The van der Waals surface area contributed by atoms with E-state index in [2.05, 4.69) is 0 Å². The molecule has 1 rings (SSSR count). The number of nitro benzene ring substituents is 1. The van der Waals surface area contributed by atoms with Gasteiger partial charge in [-0.3, -0.25) is 14.9 Å². The first-order valence-corrected chi connectivity index (χ1v) is 3.80. The van der Waals surface area contributed by atoms with E-state index in [-0.39, 0.29) is 16.5 Å². The molecule has 0 saturated carbocycles. The third-order valence-corrected chi connectivity index (χ3v) is 1.59. The summed E-state index contributed by atoms with van der Waals surface area (Å²) in [4.78, 5) is 19.9. The summed E-state index contributed by atoms with van der Waals surface area (Å²) < 4.78 is 12.8. The SMILES string of the molecule is O=C(Cl)N(F)c1ccc([N+](=O)[O-])cc1. The van der Waals surface area contributed by atoms with Crippen LogP contribution in [0.2, 0.25) is 0 Å². The predicted octanol–water partition coefficient (Wildman–Crippen LogP) is 2.64. The highest BCUT2D eigenvalue weighted by atomic mass is 35.5. The van der Waals surface area contributed by atoms with Crippen LogP contribution >= 0.6 is 11.6 Å². The first-order valence-electron chi connectivity index (χ1n) is 3.42. The molecule has 14 heavy (non-hydrogen) atoms. The molecular formula is C7H4ClFN2O3. The van der Waals surface area contributed by atoms with Crippen LogP contribution in [0.15, 0.2) is 24.3 Å². The van der Waals surface area contributed by atoms with E-state index < -0.39 is 10.3 Å². The van der Waals surface area contributed by atoms with E-state index in [1.807, 2.05) is 0 Å². The number of anilines is 1. The van der Waals surface area contributed by atoms with Gasteiger partial charge in [-0.1, -0.05) is 4.48 Å². The lowest BCUT2D eigenvalue weighted by atomic mass is 10.3. The highest BCUT2D eigenvalue weighted by molar-refractivity contribution is 6.65. The van der Waals surface area contributed by atoms with Gasteiger partial charge < -0.3 is 0 Å². The maximum absolute atomic E-state index is 12.8. The number of rotatable bonds is 2. The number of non-ortho nitro benzene ring substituents is 1. The Morgan fingerprint density at radius 3 is 2.29 bits per heavy atom. The third-order valence-electron chi connectivity index (χ3n) is 1.44. The fourth-order valence-electron chi connectivity index (χ4n) is 0.807. The Morgan fingerprint density at radius 2 is 1.93 bits per heavy atom. The van der Waals surface area contributed by atoms with Gasteiger partial charge >= 0.3 is 5.37 Å². The topological polar surface area (TPSA) is 63.5 Å². The molecule has 1 aromatic carbocycles. The second-order valence-electron chi connectivity index (χ2n) is 2.31. The Hall–Kier alpha value is -1.69. The Kier molecular flexibility index (Phi) is 2.98. The van der Waals surface area contributed by atoms with Crippen LogP contribution in [-0.2, 0) is 0 Å². The Morgan fingerprint density at radius 1 is 1.43 bits per heavy atom. The number of carbonyl (C=O) groups excluding carboxylic acids is 1. The smallest absolute Gasteiger partial charge is 0.258 e. The monoisotopic (exact) mass is 218 g/mol. The molecule has 0 spiro atoms. The van der Waals surface area contributed by atoms with E-state index in [9.17, 15) is 19.4 Å². The average Bonchev–Trinajstić information content (AvgIpc) is 2.16. The van der Waals surface area contributed by atoms with Gasteiger partial charge in [0.1, 0.15) is 0 Å². The number of amides is 1. The second kappa shape index (κ2) is 4.01. The van der Waals surface area contributed by atoms with Gasteiger partial charge in [-0.05, 0) is 23.7 Å². The summed E-state index contributed by atoms with van der Waals surface area (Å²) >= 11 is 4.84. The summed E-state index contributed by atoms with van der Waals surface area (Å²) in [5.41, 5.74) is -0.347. The summed E-state index contributed by atoms with van der Waals surface area (Å²) in [5, 5.41) is 8.60. The molecule has 0 aliphatic carbocycles. The fraction of sp³-hybridized carbons (Fsp3) is 0. The van der Waals surface area contributed by atoms with Crippen LogP contribution in [0.25, 0.3) is 0 Å². The lowest BCUT2D eigenvalue weighted by Gasteiger charge is -2.06.